The van der Waals surface area contributed by atoms with Crippen LogP contribution in [0.5, 0.6) is 0 Å². The Bertz CT molecular complexity index is 825. The van der Waals surface area contributed by atoms with E-state index in [2.05, 4.69) is 4.99 Å². The molecule has 5 nitrogen and oxygen atoms in total. The average molecular weight is 388 g/mol. The number of hydrogen-bond acceptors (Lipinski definition) is 5. The van der Waals surface area contributed by atoms with Gasteiger partial charge in [0.1, 0.15) is 5.84 Å². The van der Waals surface area contributed by atoms with Crippen molar-refractivity contribution in [3.05, 3.63) is 57.4 Å². The molecule has 140 valence electrons. The minimum Gasteiger partial charge on any atom is -0.463 e. The van der Waals surface area contributed by atoms with Crippen LogP contribution in [0.3, 0.4) is 0 Å². The van der Waals surface area contributed by atoms with E-state index in [9.17, 15) is 18.0 Å². The number of amidine groups is 1. The van der Waals surface area contributed by atoms with Gasteiger partial charge in [-0.15, -0.1) is 0 Å². The largest absolute Gasteiger partial charge is 0.463 e. The van der Waals surface area contributed by atoms with E-state index in [1.165, 1.54) is 26.0 Å². The Balaban J connectivity index is 2.89. The van der Waals surface area contributed by atoms with Gasteiger partial charge in [0, 0.05) is 16.3 Å². The first-order valence-electron chi connectivity index (χ1n) is 7.63. The lowest BCUT2D eigenvalue weighted by Crippen LogP contribution is -2.34. The normalized spacial score (nSPS) is 19.9. The fourth-order valence-electron chi connectivity index (χ4n) is 2.76. The first-order valence-corrected chi connectivity index (χ1v) is 8.01. The van der Waals surface area contributed by atoms with Crippen LogP contribution in [0.4, 0.5) is 13.2 Å². The molecule has 1 unspecified atom stereocenters. The second-order valence-electron chi connectivity index (χ2n) is 5.53. The summed E-state index contributed by atoms with van der Waals surface area (Å²) in [4.78, 5) is 15.8. The molecule has 26 heavy (non-hydrogen) atoms. The van der Waals surface area contributed by atoms with Crippen molar-refractivity contribution in [2.75, 3.05) is 6.61 Å². The number of benzene rings is 1. The maximum Gasteiger partial charge on any atom is 0.434 e. The van der Waals surface area contributed by atoms with E-state index in [0.29, 0.717) is 0 Å². The first-order chi connectivity index (χ1) is 12.1. The van der Waals surface area contributed by atoms with Gasteiger partial charge in [-0.2, -0.15) is 13.2 Å². The zero-order chi connectivity index (χ0) is 19.6. The van der Waals surface area contributed by atoms with E-state index >= 15 is 0 Å². The topological polar surface area (TPSA) is 90.7 Å². The van der Waals surface area contributed by atoms with Crippen molar-refractivity contribution >= 4 is 23.4 Å². The van der Waals surface area contributed by atoms with E-state index in [-0.39, 0.29) is 28.5 Å². The van der Waals surface area contributed by atoms with Crippen LogP contribution in [0.15, 0.2) is 51.8 Å². The lowest BCUT2D eigenvalue weighted by molar-refractivity contribution is -0.140. The second kappa shape index (κ2) is 7.41. The van der Waals surface area contributed by atoms with Crippen molar-refractivity contribution in [3.63, 3.8) is 0 Å². The molecule has 2 rings (SSSR count). The molecule has 0 radical (unpaired) electrons. The Morgan fingerprint density at radius 2 is 1.96 bits per heavy atom. The van der Waals surface area contributed by atoms with Gasteiger partial charge in [0.05, 0.1) is 18.1 Å². The van der Waals surface area contributed by atoms with Crippen LogP contribution in [-0.2, 0) is 9.53 Å². The molecule has 1 aromatic carbocycles. The van der Waals surface area contributed by atoms with Crippen LogP contribution in [0.1, 0.15) is 25.3 Å². The Morgan fingerprint density at radius 1 is 1.35 bits per heavy atom. The molecule has 0 fully saturated rings. The Labute approximate surface area is 153 Å². The molecular formula is C17H17ClF3N3O2. The third kappa shape index (κ3) is 3.70. The Hall–Kier alpha value is -2.48. The summed E-state index contributed by atoms with van der Waals surface area (Å²) in [7, 11) is 0. The highest BCUT2D eigenvalue weighted by Gasteiger charge is 2.46. The van der Waals surface area contributed by atoms with E-state index < -0.39 is 35.2 Å². The summed E-state index contributed by atoms with van der Waals surface area (Å²) < 4.78 is 45.6. The summed E-state index contributed by atoms with van der Waals surface area (Å²) in [5.41, 5.74) is 9.97. The summed E-state index contributed by atoms with van der Waals surface area (Å²) in [6.07, 6.45) is -4.92. The Kier molecular flexibility index (Phi) is 5.65. The standard InChI is InChI=1S/C17H17ClF3N3O2/c1-3-26-16(25)13-12(9-6-4-5-7-10(9)18)11(8(2)22)15(23)24-14(13)17(19,20)21/h4-7,12H,3,22H2,1-2H3,(H2,23,24)/b11-8-. The van der Waals surface area contributed by atoms with Gasteiger partial charge in [-0.1, -0.05) is 29.8 Å². The molecule has 0 aliphatic carbocycles. The monoisotopic (exact) mass is 387 g/mol. The number of carbonyl (C=O) groups excluding carboxylic acids is 1. The number of rotatable bonds is 3. The third-order valence-corrected chi connectivity index (χ3v) is 4.09. The molecule has 0 saturated carbocycles. The molecule has 1 heterocycles. The number of nitrogens with two attached hydrogens (primary N) is 2. The number of alkyl halides is 3. The van der Waals surface area contributed by atoms with Crippen LogP contribution in [0.25, 0.3) is 0 Å². The number of halogens is 4. The molecule has 9 heteroatoms. The predicted molar refractivity (Wildman–Crippen MR) is 92.4 cm³/mol. The smallest absolute Gasteiger partial charge is 0.434 e. The molecule has 4 N–H and O–H groups in total. The maximum absolute atomic E-state index is 13.6. The summed E-state index contributed by atoms with van der Waals surface area (Å²) in [5, 5.41) is 0.161. The fourth-order valence-corrected chi connectivity index (χ4v) is 3.00. The molecule has 1 atom stereocenters. The predicted octanol–water partition coefficient (Wildman–Crippen LogP) is 3.41. The lowest BCUT2D eigenvalue weighted by atomic mass is 9.80. The number of ether oxygens (including phenoxy) is 1. The fraction of sp³-hybridized carbons (Fsp3) is 0.294. The molecule has 1 aliphatic heterocycles. The van der Waals surface area contributed by atoms with Gasteiger partial charge in [-0.3, -0.25) is 0 Å². The zero-order valence-electron chi connectivity index (χ0n) is 14.0. The zero-order valence-corrected chi connectivity index (χ0v) is 14.8. The highest BCUT2D eigenvalue weighted by atomic mass is 35.5. The van der Waals surface area contributed by atoms with E-state index in [0.717, 1.165) is 0 Å². The summed E-state index contributed by atoms with van der Waals surface area (Å²) >= 11 is 6.18. The third-order valence-electron chi connectivity index (χ3n) is 3.75. The summed E-state index contributed by atoms with van der Waals surface area (Å²) in [6, 6.07) is 6.20. The molecular weight excluding hydrogens is 371 g/mol. The summed E-state index contributed by atoms with van der Waals surface area (Å²) in [5.74, 6) is -2.82. The molecule has 0 amide bonds. The highest BCUT2D eigenvalue weighted by molar-refractivity contribution is 6.31. The van der Waals surface area contributed by atoms with Gasteiger partial charge in [0.25, 0.3) is 0 Å². The van der Waals surface area contributed by atoms with E-state index in [1.807, 2.05) is 0 Å². The highest BCUT2D eigenvalue weighted by Crippen LogP contribution is 2.45. The minimum atomic E-state index is -4.92. The molecule has 1 aliphatic rings. The van der Waals surface area contributed by atoms with Crippen molar-refractivity contribution < 1.29 is 22.7 Å². The molecule has 0 aromatic heterocycles. The van der Waals surface area contributed by atoms with Gasteiger partial charge >= 0.3 is 12.1 Å². The van der Waals surface area contributed by atoms with Crippen LogP contribution in [-0.4, -0.2) is 24.6 Å². The summed E-state index contributed by atoms with van der Waals surface area (Å²) in [6.45, 7) is 2.84. The quantitative estimate of drug-likeness (QED) is 0.777. The van der Waals surface area contributed by atoms with Crippen LogP contribution >= 0.6 is 11.6 Å². The number of hydrogen-bond donors (Lipinski definition) is 2. The maximum atomic E-state index is 13.6. The Morgan fingerprint density at radius 3 is 2.46 bits per heavy atom. The van der Waals surface area contributed by atoms with Gasteiger partial charge < -0.3 is 16.2 Å². The van der Waals surface area contributed by atoms with Crippen molar-refractivity contribution in [2.45, 2.75) is 25.9 Å². The van der Waals surface area contributed by atoms with E-state index in [4.69, 9.17) is 27.8 Å². The SMILES string of the molecule is CCOC(=O)C1=C(C(F)(F)F)N=C(N)/C(=C(/C)N)C1c1ccccc1Cl. The lowest BCUT2D eigenvalue weighted by Gasteiger charge is -2.30. The average Bonchev–Trinajstić information content (AvgIpc) is 2.53. The number of nitrogens with zero attached hydrogens (tertiary/aromatic N) is 1. The number of carbonyl (C=O) groups is 1. The molecule has 1 aromatic rings. The van der Waals surface area contributed by atoms with Crippen LogP contribution < -0.4 is 11.5 Å². The molecule has 0 saturated heterocycles. The second-order valence-corrected chi connectivity index (χ2v) is 5.94. The van der Waals surface area contributed by atoms with E-state index in [1.54, 1.807) is 12.1 Å². The minimum absolute atomic E-state index is 0.0918. The van der Waals surface area contributed by atoms with Gasteiger partial charge in [-0.25, -0.2) is 9.79 Å². The first kappa shape index (κ1) is 19.8. The van der Waals surface area contributed by atoms with Gasteiger partial charge in [0.2, 0.25) is 0 Å². The molecule has 0 bridgehead atoms. The van der Waals surface area contributed by atoms with Crippen LogP contribution in [0.2, 0.25) is 5.02 Å². The van der Waals surface area contributed by atoms with Crippen molar-refractivity contribution in [2.24, 2.45) is 16.5 Å². The van der Waals surface area contributed by atoms with Gasteiger partial charge in [-0.05, 0) is 25.5 Å². The number of aliphatic imine (C=N–C) groups is 1. The van der Waals surface area contributed by atoms with Crippen molar-refractivity contribution in [1.29, 1.82) is 0 Å². The van der Waals surface area contributed by atoms with Crippen molar-refractivity contribution in [3.8, 4) is 0 Å². The number of esters is 1. The molecule has 0 spiro atoms. The van der Waals surface area contributed by atoms with Crippen LogP contribution in [0, 0.1) is 0 Å². The van der Waals surface area contributed by atoms with Gasteiger partial charge in [0.15, 0.2) is 5.70 Å². The number of allylic oxidation sites excluding steroid dienone is 2. The van der Waals surface area contributed by atoms with Crippen molar-refractivity contribution in [1.82, 2.24) is 0 Å².